The summed E-state index contributed by atoms with van der Waals surface area (Å²) in [4.78, 5) is 24.2. The molecule has 9 heteroatoms. The minimum absolute atomic E-state index is 0.112. The van der Waals surface area contributed by atoms with Crippen LogP contribution in [0.25, 0.3) is 16.9 Å². The molecule has 3 aromatic heterocycles. The number of methoxy groups -OCH3 is 1. The summed E-state index contributed by atoms with van der Waals surface area (Å²) in [6.07, 6.45) is 6.92. The predicted molar refractivity (Wildman–Crippen MR) is 133 cm³/mol. The van der Waals surface area contributed by atoms with Gasteiger partial charge in [0.2, 0.25) is 0 Å². The van der Waals surface area contributed by atoms with Gasteiger partial charge in [-0.3, -0.25) is 9.20 Å². The van der Waals surface area contributed by atoms with Crippen LogP contribution in [-0.4, -0.2) is 51.7 Å². The fourth-order valence-electron chi connectivity index (χ4n) is 4.94. The van der Waals surface area contributed by atoms with E-state index in [1.54, 1.807) is 7.11 Å². The number of aliphatic hydroxyl groups is 1. The van der Waals surface area contributed by atoms with Gasteiger partial charge in [0, 0.05) is 31.4 Å². The number of hydrogen-bond donors (Lipinski definition) is 3. The van der Waals surface area contributed by atoms with E-state index >= 15 is 0 Å². The van der Waals surface area contributed by atoms with Crippen molar-refractivity contribution >= 4 is 28.7 Å². The first-order chi connectivity index (χ1) is 17.1. The van der Waals surface area contributed by atoms with Gasteiger partial charge in [-0.05, 0) is 48.7 Å². The van der Waals surface area contributed by atoms with Crippen LogP contribution in [0, 0.1) is 0 Å². The number of hydrogen-bond acceptors (Lipinski definition) is 7. The van der Waals surface area contributed by atoms with Gasteiger partial charge in [-0.1, -0.05) is 6.07 Å². The highest BCUT2D eigenvalue weighted by atomic mass is 16.5. The van der Waals surface area contributed by atoms with Crippen LogP contribution >= 0.6 is 0 Å². The third kappa shape index (κ3) is 3.74. The van der Waals surface area contributed by atoms with Crippen molar-refractivity contribution in [2.24, 2.45) is 0 Å². The van der Waals surface area contributed by atoms with Gasteiger partial charge in [0.15, 0.2) is 11.4 Å². The number of aromatic nitrogens is 3. The normalized spacial score (nSPS) is 15.8. The van der Waals surface area contributed by atoms with Crippen molar-refractivity contribution in [3.63, 3.8) is 0 Å². The average Bonchev–Trinajstić information content (AvgIpc) is 3.50. The van der Waals surface area contributed by atoms with Gasteiger partial charge in [-0.25, -0.2) is 9.97 Å². The molecule has 6 rings (SSSR count). The highest BCUT2D eigenvalue weighted by molar-refractivity contribution is 6.06. The summed E-state index contributed by atoms with van der Waals surface area (Å²) in [5.41, 5.74) is 5.86. The number of rotatable bonds is 5. The molecule has 0 aliphatic carbocycles. The summed E-state index contributed by atoms with van der Waals surface area (Å²) < 4.78 is 7.42. The fraction of sp³-hybridized carbons (Fsp3) is 0.269. The zero-order chi connectivity index (χ0) is 23.9. The van der Waals surface area contributed by atoms with E-state index in [0.717, 1.165) is 54.1 Å². The van der Waals surface area contributed by atoms with Crippen molar-refractivity contribution in [1.82, 2.24) is 19.7 Å². The summed E-state index contributed by atoms with van der Waals surface area (Å²) in [5, 5.41) is 16.0. The molecular formula is C26H26N6O3. The van der Waals surface area contributed by atoms with Gasteiger partial charge < -0.3 is 25.4 Å². The molecule has 1 saturated heterocycles. The van der Waals surface area contributed by atoms with Gasteiger partial charge >= 0.3 is 0 Å². The zero-order valence-corrected chi connectivity index (χ0v) is 19.4. The number of nitrogens with zero attached hydrogens (tertiary/aromatic N) is 4. The van der Waals surface area contributed by atoms with E-state index < -0.39 is 0 Å². The van der Waals surface area contributed by atoms with E-state index in [-0.39, 0.29) is 12.0 Å². The van der Waals surface area contributed by atoms with Gasteiger partial charge in [0.1, 0.15) is 5.82 Å². The molecule has 35 heavy (non-hydrogen) atoms. The molecule has 0 bridgehead atoms. The first-order valence-corrected chi connectivity index (χ1v) is 11.7. The first-order valence-electron chi connectivity index (χ1n) is 11.7. The van der Waals surface area contributed by atoms with Crippen LogP contribution in [-0.2, 0) is 6.54 Å². The van der Waals surface area contributed by atoms with Crippen LogP contribution in [0.3, 0.4) is 0 Å². The molecule has 0 spiro atoms. The standard InChI is InChI=1S/C26H26N6O3/c1-35-22-3-2-10-32-21(15-28-25(22)32)18-5-6-20(24-19(18)14-29-26(24)34)30-23-7-4-16(13-27-23)31-11-8-17(33)9-12-31/h2-7,10,13,15,17,33H,8-9,11-12,14H2,1H3,(H,27,30)(H,29,34). The molecule has 0 radical (unpaired) electrons. The number of benzene rings is 1. The SMILES string of the molecule is COc1cccn2c(-c3ccc(Nc4ccc(N5CCC(O)CC5)cn4)c4c3CNC4=O)cnc12. The summed E-state index contributed by atoms with van der Waals surface area (Å²) >= 11 is 0. The molecule has 0 atom stereocenters. The Balaban J connectivity index is 1.31. The Bertz CT molecular complexity index is 1410. The quantitative estimate of drug-likeness (QED) is 0.411. The lowest BCUT2D eigenvalue weighted by molar-refractivity contribution is 0.0966. The number of piperidine rings is 1. The number of fused-ring (bicyclic) bond motifs is 2. The third-order valence-electron chi connectivity index (χ3n) is 6.80. The Hall–Kier alpha value is -4.11. The topological polar surface area (TPSA) is 104 Å². The molecule has 2 aliphatic rings. The molecular weight excluding hydrogens is 444 g/mol. The maximum atomic E-state index is 12.8. The van der Waals surface area contributed by atoms with Crippen molar-refractivity contribution < 1.29 is 14.6 Å². The molecule has 4 aromatic rings. The van der Waals surface area contributed by atoms with Gasteiger partial charge in [-0.2, -0.15) is 0 Å². The number of nitrogens with one attached hydrogen (secondary N) is 2. The van der Waals surface area contributed by atoms with E-state index in [1.165, 1.54) is 0 Å². The molecule has 5 heterocycles. The summed E-state index contributed by atoms with van der Waals surface area (Å²) in [7, 11) is 1.63. The highest BCUT2D eigenvalue weighted by Crippen LogP contribution is 2.36. The average molecular weight is 471 g/mol. The number of anilines is 3. The lowest BCUT2D eigenvalue weighted by atomic mass is 9.99. The Morgan fingerprint density at radius 1 is 1.11 bits per heavy atom. The smallest absolute Gasteiger partial charge is 0.254 e. The van der Waals surface area contributed by atoms with Crippen LogP contribution in [0.1, 0.15) is 28.8 Å². The van der Waals surface area contributed by atoms with Crippen LogP contribution < -0.4 is 20.3 Å². The lowest BCUT2D eigenvalue weighted by Crippen LogP contribution is -2.35. The molecule has 9 nitrogen and oxygen atoms in total. The number of carbonyl (C=O) groups excluding carboxylic acids is 1. The van der Waals surface area contributed by atoms with Crippen molar-refractivity contribution in [3.05, 3.63) is 66.1 Å². The first kappa shape index (κ1) is 21.4. The van der Waals surface area contributed by atoms with E-state index in [0.29, 0.717) is 29.4 Å². The van der Waals surface area contributed by atoms with Gasteiger partial charge in [0.25, 0.3) is 5.91 Å². The second-order valence-electron chi connectivity index (χ2n) is 8.86. The number of imidazole rings is 1. The monoisotopic (exact) mass is 470 g/mol. The zero-order valence-electron chi connectivity index (χ0n) is 19.4. The molecule has 1 fully saturated rings. The van der Waals surface area contributed by atoms with Crippen LogP contribution in [0.15, 0.2) is 55.0 Å². The second kappa shape index (κ2) is 8.59. The Kier molecular flexibility index (Phi) is 5.26. The van der Waals surface area contributed by atoms with Crippen molar-refractivity contribution in [2.45, 2.75) is 25.5 Å². The Morgan fingerprint density at radius 3 is 2.74 bits per heavy atom. The summed E-state index contributed by atoms with van der Waals surface area (Å²) in [6, 6.07) is 11.7. The predicted octanol–water partition coefficient (Wildman–Crippen LogP) is 3.35. The van der Waals surface area contributed by atoms with E-state index in [9.17, 15) is 9.90 Å². The van der Waals surface area contributed by atoms with E-state index in [4.69, 9.17) is 4.74 Å². The fourth-order valence-corrected chi connectivity index (χ4v) is 4.94. The maximum absolute atomic E-state index is 12.8. The van der Waals surface area contributed by atoms with Crippen molar-refractivity contribution in [1.29, 1.82) is 0 Å². The summed E-state index contributed by atoms with van der Waals surface area (Å²) in [6.45, 7) is 2.09. The minimum atomic E-state index is -0.209. The number of aliphatic hydroxyl groups excluding tert-OH is 1. The van der Waals surface area contributed by atoms with Gasteiger partial charge in [0.05, 0.1) is 48.2 Å². The summed E-state index contributed by atoms with van der Waals surface area (Å²) in [5.74, 6) is 1.25. The highest BCUT2D eigenvalue weighted by Gasteiger charge is 2.27. The number of pyridine rings is 2. The van der Waals surface area contributed by atoms with Crippen LogP contribution in [0.5, 0.6) is 5.75 Å². The molecule has 1 aromatic carbocycles. The van der Waals surface area contributed by atoms with Crippen LogP contribution in [0.4, 0.5) is 17.2 Å². The lowest BCUT2D eigenvalue weighted by Gasteiger charge is -2.31. The van der Waals surface area contributed by atoms with Crippen molar-refractivity contribution in [3.8, 4) is 17.0 Å². The largest absolute Gasteiger partial charge is 0.493 e. The second-order valence-corrected chi connectivity index (χ2v) is 8.86. The Morgan fingerprint density at radius 2 is 1.97 bits per heavy atom. The third-order valence-corrected chi connectivity index (χ3v) is 6.80. The molecule has 0 unspecified atom stereocenters. The molecule has 2 aliphatic heterocycles. The molecule has 1 amide bonds. The molecule has 0 saturated carbocycles. The van der Waals surface area contributed by atoms with Gasteiger partial charge in [-0.15, -0.1) is 0 Å². The maximum Gasteiger partial charge on any atom is 0.254 e. The van der Waals surface area contributed by atoms with E-state index in [2.05, 4.69) is 25.5 Å². The number of ether oxygens (including phenoxy) is 1. The molecule has 178 valence electrons. The van der Waals surface area contributed by atoms with E-state index in [1.807, 2.05) is 59.4 Å². The van der Waals surface area contributed by atoms with Crippen LogP contribution in [0.2, 0.25) is 0 Å². The number of carbonyl (C=O) groups is 1. The number of amides is 1. The van der Waals surface area contributed by atoms with Crippen molar-refractivity contribution in [2.75, 3.05) is 30.4 Å². The minimum Gasteiger partial charge on any atom is -0.493 e. The Labute approximate surface area is 202 Å². The molecule has 3 N–H and O–H groups in total.